The number of aliphatic carboxylic acids is 1. The van der Waals surface area contributed by atoms with Crippen molar-refractivity contribution in [3.8, 4) is 16.9 Å². The number of phenols is 1. The number of nitrogens with zero attached hydrogens (tertiary/aromatic N) is 3. The maximum atomic E-state index is 13.6. The van der Waals surface area contributed by atoms with Crippen LogP contribution in [-0.4, -0.2) is 81.7 Å². The van der Waals surface area contributed by atoms with Crippen LogP contribution in [0.25, 0.3) is 17.2 Å². The van der Waals surface area contributed by atoms with Gasteiger partial charge in [0.15, 0.2) is 0 Å². The molecule has 0 unspecified atom stereocenters. The number of carbonyl (C=O) groups is 3. The molecule has 0 saturated carbocycles. The molecule has 0 atom stereocenters. The first-order chi connectivity index (χ1) is 27.4. The number of pyridine rings is 1. The van der Waals surface area contributed by atoms with Crippen molar-refractivity contribution in [1.29, 1.82) is 0 Å². The van der Waals surface area contributed by atoms with Crippen LogP contribution in [0.5, 0.6) is 5.75 Å². The van der Waals surface area contributed by atoms with Gasteiger partial charge < -0.3 is 25.3 Å². The summed E-state index contributed by atoms with van der Waals surface area (Å²) in [6.45, 7) is 4.97. The van der Waals surface area contributed by atoms with Gasteiger partial charge in [0, 0.05) is 50.2 Å². The molecule has 302 valence electrons. The number of aromatic hydroxyl groups is 1. The van der Waals surface area contributed by atoms with Gasteiger partial charge in [0.05, 0.1) is 0 Å². The lowest BCUT2D eigenvalue weighted by Crippen LogP contribution is -2.38. The van der Waals surface area contributed by atoms with E-state index < -0.39 is 12.1 Å². The number of phenolic OH excluding ortho intramolecular Hbond substituents is 1. The zero-order valence-corrected chi connectivity index (χ0v) is 32.0. The number of amides is 2. The summed E-state index contributed by atoms with van der Waals surface area (Å²) in [5.41, 5.74) is 5.65. The van der Waals surface area contributed by atoms with Crippen LogP contribution in [0.3, 0.4) is 0 Å². The number of aromatic nitrogens is 1. The second-order valence-electron chi connectivity index (χ2n) is 14.7. The fraction of sp³-hybridized carbons (Fsp3) is 0.378. The van der Waals surface area contributed by atoms with Crippen molar-refractivity contribution in [2.45, 2.75) is 64.1 Å². The Labute approximate surface area is 332 Å². The number of rotatable bonds is 13. The van der Waals surface area contributed by atoms with Crippen LogP contribution in [0.1, 0.15) is 72.0 Å². The Hall–Kier alpha value is -5.49. The molecule has 3 aromatic carbocycles. The average Bonchev–Trinajstić information content (AvgIpc) is 3.23. The highest BCUT2D eigenvalue weighted by atomic mass is 19.4. The normalized spacial score (nSPS) is 15.2. The van der Waals surface area contributed by atoms with E-state index in [1.54, 1.807) is 36.7 Å². The molecule has 0 aliphatic carbocycles. The number of carbonyl (C=O) groups excluding carboxylic acids is 2. The molecule has 0 radical (unpaired) electrons. The molecule has 3 N–H and O–H groups in total. The summed E-state index contributed by atoms with van der Waals surface area (Å²) in [7, 11) is 0. The van der Waals surface area contributed by atoms with Crippen molar-refractivity contribution in [3.05, 3.63) is 126 Å². The van der Waals surface area contributed by atoms with Gasteiger partial charge >= 0.3 is 12.1 Å². The first-order valence-corrected chi connectivity index (χ1v) is 19.6. The van der Waals surface area contributed by atoms with Crippen molar-refractivity contribution < 1.29 is 37.8 Å². The Morgan fingerprint density at radius 1 is 0.842 bits per heavy atom. The van der Waals surface area contributed by atoms with E-state index in [0.29, 0.717) is 19.5 Å². The third-order valence-electron chi connectivity index (χ3n) is 10.6. The molecule has 2 saturated heterocycles. The predicted octanol–water partition coefficient (Wildman–Crippen LogP) is 8.39. The molecule has 4 aromatic rings. The monoisotopic (exact) mass is 784 g/mol. The summed E-state index contributed by atoms with van der Waals surface area (Å²) in [5, 5.41) is 20.3. The van der Waals surface area contributed by atoms with E-state index in [-0.39, 0.29) is 17.6 Å². The lowest BCUT2D eigenvalue weighted by atomic mass is 9.87. The van der Waals surface area contributed by atoms with Gasteiger partial charge in [0.2, 0.25) is 5.91 Å². The van der Waals surface area contributed by atoms with E-state index in [1.165, 1.54) is 45.2 Å². The van der Waals surface area contributed by atoms with Crippen molar-refractivity contribution in [3.63, 3.8) is 0 Å². The largest absolute Gasteiger partial charge is 0.508 e. The summed E-state index contributed by atoms with van der Waals surface area (Å²) < 4.78 is 31.7. The van der Waals surface area contributed by atoms with Crippen molar-refractivity contribution in [2.24, 2.45) is 11.8 Å². The molecule has 2 amide bonds. The molecule has 2 fully saturated rings. The molecular weight excluding hydrogens is 734 g/mol. The van der Waals surface area contributed by atoms with Gasteiger partial charge in [0.25, 0.3) is 5.91 Å². The Bertz CT molecular complexity index is 1920. The van der Waals surface area contributed by atoms with Gasteiger partial charge in [0.1, 0.15) is 5.75 Å². The number of hydrogen-bond acceptors (Lipinski definition) is 6. The van der Waals surface area contributed by atoms with E-state index >= 15 is 0 Å². The fourth-order valence-electron chi connectivity index (χ4n) is 7.32. The zero-order valence-electron chi connectivity index (χ0n) is 32.0. The number of carboxylic acid groups (broad SMARTS) is 1. The fourth-order valence-corrected chi connectivity index (χ4v) is 7.32. The number of likely N-dealkylation sites (tertiary alicyclic amines) is 1. The zero-order chi connectivity index (χ0) is 40.6. The van der Waals surface area contributed by atoms with E-state index in [1.807, 2.05) is 64.4 Å². The number of benzene rings is 3. The van der Waals surface area contributed by atoms with Crippen LogP contribution in [0.2, 0.25) is 0 Å². The molecule has 2 aliphatic rings. The van der Waals surface area contributed by atoms with Crippen LogP contribution in [-0.2, 0) is 22.6 Å². The second kappa shape index (κ2) is 21.2. The average molecular weight is 785 g/mol. The Morgan fingerprint density at radius 3 is 2.14 bits per heavy atom. The summed E-state index contributed by atoms with van der Waals surface area (Å²) in [4.78, 5) is 44.0. The Balaban J connectivity index is 0.000000811. The highest BCUT2D eigenvalue weighted by Gasteiger charge is 2.38. The molecule has 2 aliphatic heterocycles. The Morgan fingerprint density at radius 2 is 1.49 bits per heavy atom. The van der Waals surface area contributed by atoms with Crippen LogP contribution in [0.15, 0.2) is 103 Å². The lowest BCUT2D eigenvalue weighted by Gasteiger charge is -2.32. The first kappa shape index (κ1) is 42.6. The van der Waals surface area contributed by atoms with Gasteiger partial charge in [-0.2, -0.15) is 13.2 Å². The van der Waals surface area contributed by atoms with Gasteiger partial charge in [-0.3, -0.25) is 14.6 Å². The molecule has 3 heterocycles. The third-order valence-corrected chi connectivity index (χ3v) is 10.6. The lowest BCUT2D eigenvalue weighted by molar-refractivity contribution is -0.192. The van der Waals surface area contributed by atoms with Gasteiger partial charge in [-0.25, -0.2) is 4.79 Å². The smallest absolute Gasteiger partial charge is 0.490 e. The van der Waals surface area contributed by atoms with Crippen LogP contribution < -0.4 is 5.32 Å². The van der Waals surface area contributed by atoms with E-state index in [2.05, 4.69) is 28.5 Å². The molecule has 0 bridgehead atoms. The molecule has 12 heteroatoms. The highest BCUT2D eigenvalue weighted by molar-refractivity contribution is 5.95. The maximum Gasteiger partial charge on any atom is 0.490 e. The van der Waals surface area contributed by atoms with E-state index in [0.717, 1.165) is 71.1 Å². The van der Waals surface area contributed by atoms with Crippen LogP contribution in [0, 0.1) is 11.8 Å². The SMILES string of the molecule is O=C(C=Cc1cccnc1)N(CCc1ccc(O)cc1)Cc1cccc(-c2cccc(C(=O)N3CCC(CCCC4CCNCC4)CC3)c2)c1.O=C(O)C(F)(F)F. The highest BCUT2D eigenvalue weighted by Crippen LogP contribution is 2.28. The van der Waals surface area contributed by atoms with Crippen molar-refractivity contribution >= 4 is 23.9 Å². The van der Waals surface area contributed by atoms with Gasteiger partial charge in [-0.1, -0.05) is 67.8 Å². The molecule has 57 heavy (non-hydrogen) atoms. The number of piperidine rings is 2. The van der Waals surface area contributed by atoms with Crippen molar-refractivity contribution in [1.82, 2.24) is 20.1 Å². The first-order valence-electron chi connectivity index (χ1n) is 19.6. The molecule has 1 aromatic heterocycles. The number of nitrogens with one attached hydrogen (secondary N) is 1. The molecule has 6 rings (SSSR count). The van der Waals surface area contributed by atoms with Crippen molar-refractivity contribution in [2.75, 3.05) is 32.7 Å². The van der Waals surface area contributed by atoms with Crippen LogP contribution in [0.4, 0.5) is 13.2 Å². The summed E-state index contributed by atoms with van der Waals surface area (Å²) >= 11 is 0. The number of hydrogen-bond donors (Lipinski definition) is 3. The number of alkyl halides is 3. The van der Waals surface area contributed by atoms with Gasteiger partial charge in [-0.15, -0.1) is 0 Å². The number of carboxylic acids is 1. The minimum atomic E-state index is -5.08. The molecule has 9 nitrogen and oxygen atoms in total. The standard InChI is InChI=1S/C43H50N4O3.C2HF3O2/c48-41-15-12-35(13-16-41)22-28-47(42(49)17-14-36-8-4-23-45-31-36)32-37-7-2-9-38(29-37)39-10-3-11-40(30-39)43(50)46-26-20-34(21-27-46)6-1-5-33-18-24-44-25-19-33;3-2(4,5)1(6)7/h2-4,7-17,23,29-31,33-34,44,48H,1,5-6,18-22,24-28,32H2;(H,6,7). The van der Waals surface area contributed by atoms with Crippen LogP contribution >= 0.6 is 0 Å². The van der Waals surface area contributed by atoms with Gasteiger partial charge in [-0.05, 0) is 127 Å². The second-order valence-corrected chi connectivity index (χ2v) is 14.7. The van der Waals surface area contributed by atoms with E-state index in [4.69, 9.17) is 9.90 Å². The topological polar surface area (TPSA) is 123 Å². The van der Waals surface area contributed by atoms with E-state index in [9.17, 15) is 27.9 Å². The summed E-state index contributed by atoms with van der Waals surface area (Å²) in [5.74, 6) is -0.884. The minimum absolute atomic E-state index is 0.0869. The summed E-state index contributed by atoms with van der Waals surface area (Å²) in [6, 6.07) is 27.1. The number of halogens is 3. The third kappa shape index (κ3) is 13.9. The Kier molecular flexibility index (Phi) is 15.8. The molecule has 0 spiro atoms. The summed E-state index contributed by atoms with van der Waals surface area (Å²) in [6.07, 6.45) is 11.2. The molecular formula is C45H51F3N4O5. The predicted molar refractivity (Wildman–Crippen MR) is 214 cm³/mol. The quantitative estimate of drug-likeness (QED) is 0.116. The maximum absolute atomic E-state index is 13.6. The minimum Gasteiger partial charge on any atom is -0.508 e.